The zero-order chi connectivity index (χ0) is 15.4. The minimum atomic E-state index is -0.935. The van der Waals surface area contributed by atoms with Gasteiger partial charge in [-0.1, -0.05) is 6.58 Å². The summed E-state index contributed by atoms with van der Waals surface area (Å²) in [4.78, 5) is 9.60. The molecule has 0 unspecified atom stereocenters. The van der Waals surface area contributed by atoms with Crippen molar-refractivity contribution >= 4 is 5.97 Å². The molecule has 7 N–H and O–H groups in total. The van der Waals surface area contributed by atoms with Crippen LogP contribution < -0.4 is 0 Å². The Balaban J connectivity index is -0.0000000742. The number of carbonyl (C=O) groups is 1. The van der Waals surface area contributed by atoms with E-state index >= 15 is 0 Å². The number of hydrogen-bond acceptors (Lipinski definition) is 7. The molecule has 0 atom stereocenters. The highest BCUT2D eigenvalue weighted by Gasteiger charge is 1.90. The van der Waals surface area contributed by atoms with E-state index < -0.39 is 5.97 Å². The molecule has 0 aliphatic heterocycles. The predicted octanol–water partition coefficient (Wildman–Crippen LogP) is 2.37. The van der Waals surface area contributed by atoms with E-state index in [1.807, 2.05) is 0 Å². The summed E-state index contributed by atoms with van der Waals surface area (Å²) >= 11 is 0. The normalized spacial score (nSPS) is 8.50. The van der Waals surface area contributed by atoms with E-state index in [0.29, 0.717) is 37.6 Å². The first-order valence-corrected chi connectivity index (χ1v) is 4.08. The Labute approximate surface area is 104 Å². The van der Waals surface area contributed by atoms with Gasteiger partial charge in [0.2, 0.25) is 0 Å². The third-order valence-electron chi connectivity index (χ3n) is 0.565. The number of aliphatic carboxylic acids is 1. The van der Waals surface area contributed by atoms with Gasteiger partial charge in [0.1, 0.15) is 37.6 Å². The number of carboxylic acid groups (broad SMARTS) is 1. The van der Waals surface area contributed by atoms with Crippen LogP contribution in [0.15, 0.2) is 49.7 Å². The van der Waals surface area contributed by atoms with Crippen molar-refractivity contribution in [3.63, 3.8) is 0 Å². The van der Waals surface area contributed by atoms with E-state index in [1.165, 1.54) is 6.92 Å². The van der Waals surface area contributed by atoms with E-state index in [2.05, 4.69) is 6.58 Å². The van der Waals surface area contributed by atoms with Crippen molar-refractivity contribution in [1.29, 1.82) is 0 Å². The quantitative estimate of drug-likeness (QED) is 0.281. The molecule has 0 amide bonds. The molecule has 8 heteroatoms. The summed E-state index contributed by atoms with van der Waals surface area (Å²) in [7, 11) is 0. The van der Waals surface area contributed by atoms with Crippen LogP contribution >= 0.6 is 0 Å². The van der Waals surface area contributed by atoms with Gasteiger partial charge in [0, 0.05) is 5.57 Å². The van der Waals surface area contributed by atoms with Gasteiger partial charge < -0.3 is 35.7 Å². The summed E-state index contributed by atoms with van der Waals surface area (Å²) in [6.45, 7) is 4.60. The first kappa shape index (κ1) is 24.5. The molecule has 0 fully saturated rings. The van der Waals surface area contributed by atoms with Crippen LogP contribution in [0.1, 0.15) is 6.92 Å². The number of rotatable bonds is 1. The first-order chi connectivity index (χ1) is 8.39. The van der Waals surface area contributed by atoms with Crippen molar-refractivity contribution in [2.75, 3.05) is 0 Å². The standard InChI is InChI=1S/C4H6O2.3C2H4O2/c1-3(2)4(5)6;3*3-1-2-4/h1H2,2H3,(H,5,6);3*1-4H. The molecule has 106 valence electrons. The van der Waals surface area contributed by atoms with Crippen LogP contribution in [0.2, 0.25) is 0 Å². The average molecular weight is 266 g/mol. The Morgan fingerprint density at radius 2 is 0.889 bits per heavy atom. The Bertz CT molecular complexity index is 207. The maximum absolute atomic E-state index is 9.60. The second kappa shape index (κ2) is 29.2. The fraction of sp³-hybridized carbons (Fsp3) is 0.100. The third-order valence-corrected chi connectivity index (χ3v) is 0.565. The summed E-state index contributed by atoms with van der Waals surface area (Å²) in [6, 6.07) is 0. The minimum Gasteiger partial charge on any atom is -0.512 e. The number of carboxylic acids is 1. The van der Waals surface area contributed by atoms with E-state index in [-0.39, 0.29) is 5.57 Å². The molecule has 0 aromatic heterocycles. The van der Waals surface area contributed by atoms with Gasteiger partial charge >= 0.3 is 5.97 Å². The highest BCUT2D eigenvalue weighted by molar-refractivity contribution is 5.84. The second-order valence-corrected chi connectivity index (χ2v) is 1.98. The van der Waals surface area contributed by atoms with Gasteiger partial charge in [-0.15, -0.1) is 0 Å². The summed E-state index contributed by atoms with van der Waals surface area (Å²) < 4.78 is 0. The molecule has 0 aromatic carbocycles. The van der Waals surface area contributed by atoms with Crippen molar-refractivity contribution in [3.05, 3.63) is 49.7 Å². The molecule has 0 saturated heterocycles. The largest absolute Gasteiger partial charge is 0.512 e. The maximum Gasteiger partial charge on any atom is 0.330 e. The van der Waals surface area contributed by atoms with Crippen molar-refractivity contribution in [1.82, 2.24) is 0 Å². The molecule has 0 rings (SSSR count). The second-order valence-electron chi connectivity index (χ2n) is 1.98. The molecule has 18 heavy (non-hydrogen) atoms. The molecule has 8 nitrogen and oxygen atoms in total. The van der Waals surface area contributed by atoms with Crippen molar-refractivity contribution in [3.8, 4) is 0 Å². The van der Waals surface area contributed by atoms with Crippen LogP contribution in [0, 0.1) is 0 Å². The molecule has 0 heterocycles. The zero-order valence-electron chi connectivity index (χ0n) is 9.71. The monoisotopic (exact) mass is 266 g/mol. The third kappa shape index (κ3) is 111. The molecule has 0 spiro atoms. The lowest BCUT2D eigenvalue weighted by Crippen LogP contribution is -1.92. The molecule has 0 aliphatic carbocycles. The highest BCUT2D eigenvalue weighted by atomic mass is 16.4. The van der Waals surface area contributed by atoms with E-state index in [0.717, 1.165) is 0 Å². The Morgan fingerprint density at radius 1 is 0.778 bits per heavy atom. The Kier molecular flexibility index (Phi) is 39.7. The number of hydrogen-bond donors (Lipinski definition) is 7. The van der Waals surface area contributed by atoms with Gasteiger partial charge in [0.25, 0.3) is 0 Å². The van der Waals surface area contributed by atoms with Gasteiger partial charge in [0.15, 0.2) is 0 Å². The molecular formula is C10H18O8. The van der Waals surface area contributed by atoms with Crippen LogP contribution in [-0.2, 0) is 4.79 Å². The van der Waals surface area contributed by atoms with E-state index in [1.54, 1.807) is 0 Å². The van der Waals surface area contributed by atoms with E-state index in [9.17, 15) is 4.79 Å². The van der Waals surface area contributed by atoms with E-state index in [4.69, 9.17) is 35.7 Å². The highest BCUT2D eigenvalue weighted by Crippen LogP contribution is 1.81. The Morgan fingerprint density at radius 3 is 0.889 bits per heavy atom. The first-order valence-electron chi connectivity index (χ1n) is 4.08. The van der Waals surface area contributed by atoms with Gasteiger partial charge in [0.05, 0.1) is 0 Å². The van der Waals surface area contributed by atoms with Crippen LogP contribution in [0.5, 0.6) is 0 Å². The predicted molar refractivity (Wildman–Crippen MR) is 65.6 cm³/mol. The van der Waals surface area contributed by atoms with Crippen molar-refractivity contribution < 1.29 is 40.5 Å². The van der Waals surface area contributed by atoms with Crippen LogP contribution in [0.3, 0.4) is 0 Å². The summed E-state index contributed by atoms with van der Waals surface area (Å²) in [6.07, 6.45) is 3.33. The van der Waals surface area contributed by atoms with Gasteiger partial charge in [-0.25, -0.2) is 4.79 Å². The lowest BCUT2D eigenvalue weighted by Gasteiger charge is -1.79. The lowest BCUT2D eigenvalue weighted by atomic mass is 10.4. The topological polar surface area (TPSA) is 159 Å². The smallest absolute Gasteiger partial charge is 0.330 e. The number of aliphatic hydroxyl groups is 6. The number of aliphatic hydroxyl groups excluding tert-OH is 6. The summed E-state index contributed by atoms with van der Waals surface area (Å²) in [5, 5.41) is 52.6. The fourth-order valence-corrected chi connectivity index (χ4v) is 0. The Hall–Kier alpha value is -2.77. The average Bonchev–Trinajstić information content (AvgIpc) is 2.39. The van der Waals surface area contributed by atoms with Gasteiger partial charge in [-0.3, -0.25) is 0 Å². The van der Waals surface area contributed by atoms with Crippen molar-refractivity contribution in [2.45, 2.75) is 6.92 Å². The molecule has 0 aliphatic rings. The lowest BCUT2D eigenvalue weighted by molar-refractivity contribution is -0.132. The zero-order valence-corrected chi connectivity index (χ0v) is 9.71. The summed E-state index contributed by atoms with van der Waals surface area (Å²) in [5.74, 6) is -0.935. The van der Waals surface area contributed by atoms with Gasteiger partial charge in [-0.2, -0.15) is 0 Å². The van der Waals surface area contributed by atoms with Crippen molar-refractivity contribution in [2.24, 2.45) is 0 Å². The molecule has 0 bridgehead atoms. The van der Waals surface area contributed by atoms with Crippen LogP contribution in [-0.4, -0.2) is 41.7 Å². The van der Waals surface area contributed by atoms with Gasteiger partial charge in [-0.05, 0) is 6.92 Å². The summed E-state index contributed by atoms with van der Waals surface area (Å²) in [5.41, 5.74) is 0.176. The molecular weight excluding hydrogens is 248 g/mol. The fourth-order valence-electron chi connectivity index (χ4n) is 0. The SMILES string of the molecule is C=C(C)C(=O)O.OC=CO.OC=CO.OC=CO. The molecule has 0 saturated carbocycles. The molecule has 0 radical (unpaired) electrons. The maximum atomic E-state index is 9.60. The van der Waals surface area contributed by atoms with Crippen LogP contribution in [0.25, 0.3) is 0 Å². The minimum absolute atomic E-state index is 0.176. The van der Waals surface area contributed by atoms with Crippen LogP contribution in [0.4, 0.5) is 0 Å². The molecule has 0 aromatic rings.